The number of hydrogen-bond donors (Lipinski definition) is 1. The minimum absolute atomic E-state index is 0.532. The van der Waals surface area contributed by atoms with Gasteiger partial charge >= 0.3 is 0 Å². The Balaban J connectivity index is 1.58. The summed E-state index contributed by atoms with van der Waals surface area (Å²) in [6.07, 6.45) is 10.3. The van der Waals surface area contributed by atoms with E-state index in [9.17, 15) is 0 Å². The molecule has 2 fully saturated rings. The second kappa shape index (κ2) is 5.73. The average molecular weight is 237 g/mol. The van der Waals surface area contributed by atoms with Crippen molar-refractivity contribution in [1.29, 1.82) is 0 Å². The Morgan fingerprint density at radius 2 is 1.35 bits per heavy atom. The zero-order valence-electron chi connectivity index (χ0n) is 12.1. The maximum absolute atomic E-state index is 3.71. The SMILES string of the molecule is CC(C)(C)C1CCC(CNCC2CCC2)CC1. The van der Waals surface area contributed by atoms with Gasteiger partial charge in [0.1, 0.15) is 0 Å². The van der Waals surface area contributed by atoms with Gasteiger partial charge in [-0.1, -0.05) is 27.2 Å². The first-order chi connectivity index (χ1) is 8.05. The van der Waals surface area contributed by atoms with Gasteiger partial charge in [-0.2, -0.15) is 0 Å². The molecule has 0 unspecified atom stereocenters. The van der Waals surface area contributed by atoms with Crippen molar-refractivity contribution in [2.24, 2.45) is 23.2 Å². The summed E-state index contributed by atoms with van der Waals surface area (Å²) in [6, 6.07) is 0. The first-order valence-electron chi connectivity index (χ1n) is 7.76. The fourth-order valence-corrected chi connectivity index (χ4v) is 3.42. The first-order valence-corrected chi connectivity index (χ1v) is 7.76. The Kier molecular flexibility index (Phi) is 4.52. The lowest BCUT2D eigenvalue weighted by atomic mass is 9.70. The largest absolute Gasteiger partial charge is 0.316 e. The molecule has 2 rings (SSSR count). The molecule has 2 saturated carbocycles. The zero-order chi connectivity index (χ0) is 12.3. The van der Waals surface area contributed by atoms with Crippen LogP contribution in [0.2, 0.25) is 0 Å². The van der Waals surface area contributed by atoms with Crippen molar-refractivity contribution < 1.29 is 0 Å². The van der Waals surface area contributed by atoms with Crippen LogP contribution in [0.4, 0.5) is 0 Å². The molecule has 1 N–H and O–H groups in total. The molecule has 0 spiro atoms. The van der Waals surface area contributed by atoms with Gasteiger partial charge in [0.2, 0.25) is 0 Å². The third-order valence-corrected chi connectivity index (χ3v) is 5.16. The summed E-state index contributed by atoms with van der Waals surface area (Å²) in [7, 11) is 0. The highest BCUT2D eigenvalue weighted by Gasteiger charge is 2.29. The lowest BCUT2D eigenvalue weighted by molar-refractivity contribution is 0.147. The Labute approximate surface area is 108 Å². The minimum atomic E-state index is 0.532. The summed E-state index contributed by atoms with van der Waals surface area (Å²) in [4.78, 5) is 0. The van der Waals surface area contributed by atoms with E-state index in [1.54, 1.807) is 0 Å². The molecule has 17 heavy (non-hydrogen) atoms. The van der Waals surface area contributed by atoms with Gasteiger partial charge in [-0.25, -0.2) is 0 Å². The van der Waals surface area contributed by atoms with Gasteiger partial charge in [-0.15, -0.1) is 0 Å². The van der Waals surface area contributed by atoms with Crippen molar-refractivity contribution in [3.8, 4) is 0 Å². The van der Waals surface area contributed by atoms with Gasteiger partial charge in [-0.3, -0.25) is 0 Å². The first kappa shape index (κ1) is 13.4. The summed E-state index contributed by atoms with van der Waals surface area (Å²) in [5, 5.41) is 3.71. The Morgan fingerprint density at radius 1 is 0.824 bits per heavy atom. The summed E-state index contributed by atoms with van der Waals surface area (Å²) < 4.78 is 0. The van der Waals surface area contributed by atoms with E-state index < -0.39 is 0 Å². The van der Waals surface area contributed by atoms with Crippen molar-refractivity contribution in [2.75, 3.05) is 13.1 Å². The van der Waals surface area contributed by atoms with Gasteiger partial charge in [0, 0.05) is 0 Å². The maximum atomic E-state index is 3.71. The van der Waals surface area contributed by atoms with Gasteiger partial charge in [0.25, 0.3) is 0 Å². The van der Waals surface area contributed by atoms with E-state index in [1.807, 2.05) is 0 Å². The molecule has 0 heterocycles. The molecule has 2 aliphatic carbocycles. The van der Waals surface area contributed by atoms with Crippen LogP contribution in [0.1, 0.15) is 65.7 Å². The summed E-state index contributed by atoms with van der Waals surface area (Å²) >= 11 is 0. The van der Waals surface area contributed by atoms with Crippen molar-refractivity contribution >= 4 is 0 Å². The van der Waals surface area contributed by atoms with Crippen LogP contribution in [-0.4, -0.2) is 13.1 Å². The van der Waals surface area contributed by atoms with Gasteiger partial charge in [-0.05, 0) is 74.8 Å². The summed E-state index contributed by atoms with van der Waals surface area (Å²) in [6.45, 7) is 9.80. The molecule has 0 aromatic carbocycles. The number of nitrogens with one attached hydrogen (secondary N) is 1. The van der Waals surface area contributed by atoms with Crippen LogP contribution in [0.3, 0.4) is 0 Å². The Hall–Kier alpha value is -0.0400. The van der Waals surface area contributed by atoms with Gasteiger partial charge in [0.05, 0.1) is 0 Å². The highest BCUT2D eigenvalue weighted by atomic mass is 14.9. The van der Waals surface area contributed by atoms with E-state index in [1.165, 1.54) is 58.0 Å². The van der Waals surface area contributed by atoms with E-state index >= 15 is 0 Å². The normalized spacial score (nSPS) is 31.2. The van der Waals surface area contributed by atoms with E-state index in [0.29, 0.717) is 5.41 Å². The molecular weight excluding hydrogens is 206 g/mol. The second-order valence-corrected chi connectivity index (χ2v) is 7.54. The highest BCUT2D eigenvalue weighted by molar-refractivity contribution is 4.81. The predicted octanol–water partition coefficient (Wildman–Crippen LogP) is 4.23. The molecule has 0 aliphatic heterocycles. The molecule has 1 heteroatoms. The summed E-state index contributed by atoms with van der Waals surface area (Å²) in [5.41, 5.74) is 0.532. The standard InChI is InChI=1S/C16H31N/c1-16(2,3)15-9-7-14(8-10-15)12-17-11-13-5-4-6-13/h13-15,17H,4-12H2,1-3H3. The van der Waals surface area contributed by atoms with Crippen molar-refractivity contribution in [1.82, 2.24) is 5.32 Å². The zero-order valence-corrected chi connectivity index (χ0v) is 12.1. The van der Waals surface area contributed by atoms with Crippen molar-refractivity contribution in [3.63, 3.8) is 0 Å². The van der Waals surface area contributed by atoms with Crippen molar-refractivity contribution in [2.45, 2.75) is 65.7 Å². The van der Waals surface area contributed by atoms with Crippen molar-refractivity contribution in [3.05, 3.63) is 0 Å². The van der Waals surface area contributed by atoms with E-state index in [4.69, 9.17) is 0 Å². The van der Waals surface area contributed by atoms with Crippen LogP contribution in [0.25, 0.3) is 0 Å². The predicted molar refractivity (Wildman–Crippen MR) is 75.1 cm³/mol. The van der Waals surface area contributed by atoms with Crippen LogP contribution in [0.15, 0.2) is 0 Å². The third kappa shape index (κ3) is 3.98. The Morgan fingerprint density at radius 3 is 1.76 bits per heavy atom. The number of hydrogen-bond acceptors (Lipinski definition) is 1. The van der Waals surface area contributed by atoms with Crippen LogP contribution >= 0.6 is 0 Å². The molecule has 0 saturated heterocycles. The molecule has 2 aliphatic rings. The van der Waals surface area contributed by atoms with E-state index in [2.05, 4.69) is 26.1 Å². The summed E-state index contributed by atoms with van der Waals surface area (Å²) in [5.74, 6) is 2.94. The minimum Gasteiger partial charge on any atom is -0.316 e. The van der Waals surface area contributed by atoms with E-state index in [-0.39, 0.29) is 0 Å². The molecule has 0 amide bonds. The van der Waals surface area contributed by atoms with Crippen LogP contribution in [0.5, 0.6) is 0 Å². The molecule has 0 atom stereocenters. The lowest BCUT2D eigenvalue weighted by Crippen LogP contribution is -2.34. The lowest BCUT2D eigenvalue weighted by Gasteiger charge is -2.37. The fourth-order valence-electron chi connectivity index (χ4n) is 3.42. The Bertz CT molecular complexity index is 216. The van der Waals surface area contributed by atoms with Crippen LogP contribution in [-0.2, 0) is 0 Å². The maximum Gasteiger partial charge on any atom is -0.00204 e. The smallest absolute Gasteiger partial charge is 0.00204 e. The molecular formula is C16H31N. The molecule has 0 radical (unpaired) electrons. The molecule has 1 nitrogen and oxygen atoms in total. The molecule has 0 aromatic heterocycles. The molecule has 0 bridgehead atoms. The van der Waals surface area contributed by atoms with Gasteiger partial charge in [0.15, 0.2) is 0 Å². The van der Waals surface area contributed by atoms with Crippen LogP contribution in [0, 0.1) is 23.2 Å². The quantitative estimate of drug-likeness (QED) is 0.771. The van der Waals surface area contributed by atoms with Gasteiger partial charge < -0.3 is 5.32 Å². The van der Waals surface area contributed by atoms with Crippen LogP contribution < -0.4 is 5.32 Å². The number of rotatable bonds is 4. The van der Waals surface area contributed by atoms with E-state index in [0.717, 1.165) is 17.8 Å². The second-order valence-electron chi connectivity index (χ2n) is 7.54. The topological polar surface area (TPSA) is 12.0 Å². The average Bonchev–Trinajstić information content (AvgIpc) is 2.21. The molecule has 100 valence electrons. The highest BCUT2D eigenvalue weighted by Crippen LogP contribution is 2.39. The monoisotopic (exact) mass is 237 g/mol. The molecule has 0 aromatic rings. The fraction of sp³-hybridized carbons (Fsp3) is 1.00. The third-order valence-electron chi connectivity index (χ3n) is 5.16.